The van der Waals surface area contributed by atoms with Gasteiger partial charge in [0.15, 0.2) is 0 Å². The summed E-state index contributed by atoms with van der Waals surface area (Å²) in [6.07, 6.45) is -4.61. The number of nitrogens with zero attached hydrogens (tertiary/aromatic N) is 5. The summed E-state index contributed by atoms with van der Waals surface area (Å²) < 4.78 is 80.9. The van der Waals surface area contributed by atoms with E-state index in [0.717, 1.165) is 37.6 Å². The molecule has 39 heavy (non-hydrogen) atoms. The maximum Gasteiger partial charge on any atom is 0.417 e. The lowest BCUT2D eigenvalue weighted by Crippen LogP contribution is -2.50. The van der Waals surface area contributed by atoms with Gasteiger partial charge in [0.25, 0.3) is 0 Å². The van der Waals surface area contributed by atoms with Crippen molar-refractivity contribution in [3.63, 3.8) is 0 Å². The van der Waals surface area contributed by atoms with Gasteiger partial charge >= 0.3 is 18.4 Å². The predicted molar refractivity (Wildman–Crippen MR) is 134 cm³/mol. The molecule has 0 radical (unpaired) electrons. The molecule has 216 valence electrons. The van der Waals surface area contributed by atoms with Crippen molar-refractivity contribution < 1.29 is 35.9 Å². The molecular weight excluding hydrogens is 530 g/mol. The molecule has 4 rings (SSSR count). The van der Waals surface area contributed by atoms with Gasteiger partial charge in [-0.05, 0) is 32.9 Å². The number of carbonyl (C=O) groups is 1. The van der Waals surface area contributed by atoms with Gasteiger partial charge in [0.05, 0.1) is 34.9 Å². The van der Waals surface area contributed by atoms with Gasteiger partial charge in [0, 0.05) is 64.8 Å². The van der Waals surface area contributed by atoms with Crippen LogP contribution in [0.3, 0.4) is 0 Å². The Morgan fingerprint density at radius 3 is 1.59 bits per heavy atom. The van der Waals surface area contributed by atoms with Gasteiger partial charge in [-0.15, -0.1) is 0 Å². The van der Waals surface area contributed by atoms with Crippen molar-refractivity contribution in [2.75, 3.05) is 62.2 Å². The first-order chi connectivity index (χ1) is 18.1. The molecule has 0 aromatic carbocycles. The van der Waals surface area contributed by atoms with Crippen LogP contribution in [0.4, 0.5) is 42.5 Å². The predicted octanol–water partition coefficient (Wildman–Crippen LogP) is 4.67. The van der Waals surface area contributed by atoms with Crippen LogP contribution in [-0.4, -0.2) is 78.9 Å². The fourth-order valence-corrected chi connectivity index (χ4v) is 3.91. The minimum atomic E-state index is -4.42. The third kappa shape index (κ3) is 9.15. The minimum Gasteiger partial charge on any atom is -0.444 e. The summed E-state index contributed by atoms with van der Waals surface area (Å²) in [7, 11) is 0. The summed E-state index contributed by atoms with van der Waals surface area (Å²) in [5, 5.41) is 3.15. The number of pyridine rings is 2. The van der Waals surface area contributed by atoms with E-state index < -0.39 is 35.2 Å². The molecule has 2 aromatic rings. The quantitative estimate of drug-likeness (QED) is 0.534. The highest BCUT2D eigenvalue weighted by Crippen LogP contribution is 2.32. The van der Waals surface area contributed by atoms with Crippen molar-refractivity contribution in [2.45, 2.75) is 38.7 Å². The third-order valence-electron chi connectivity index (χ3n) is 5.88. The number of alkyl halides is 6. The highest BCUT2D eigenvalue weighted by Gasteiger charge is 2.33. The fourth-order valence-electron chi connectivity index (χ4n) is 3.91. The number of carbonyl (C=O) groups excluding carboxylic acids is 1. The SMILES string of the molecule is CC(C)(C)OC(=O)N1CCN(c2cncc(C(F)(F)F)c2)CC1.FC(F)(F)c1cncc(N2CCNCC2)c1. The van der Waals surface area contributed by atoms with Crippen LogP contribution in [-0.2, 0) is 17.1 Å². The first-order valence-electron chi connectivity index (χ1n) is 12.4. The Bertz CT molecular complexity index is 1090. The van der Waals surface area contributed by atoms with Crippen molar-refractivity contribution in [3.05, 3.63) is 48.0 Å². The Labute approximate surface area is 222 Å². The molecule has 0 unspecified atom stereocenters. The average molecular weight is 563 g/mol. The second-order valence-electron chi connectivity index (χ2n) is 10.1. The number of piperazine rings is 2. The Balaban J connectivity index is 0.000000230. The number of anilines is 2. The Kier molecular flexibility index (Phi) is 9.51. The van der Waals surface area contributed by atoms with Crippen LogP contribution >= 0.6 is 0 Å². The smallest absolute Gasteiger partial charge is 0.417 e. The van der Waals surface area contributed by atoms with E-state index in [1.165, 1.54) is 12.4 Å². The number of amides is 1. The Morgan fingerprint density at radius 1 is 0.744 bits per heavy atom. The normalized spacial score (nSPS) is 16.9. The molecule has 14 heteroatoms. The van der Waals surface area contributed by atoms with Crippen LogP contribution in [0.1, 0.15) is 31.9 Å². The largest absolute Gasteiger partial charge is 0.444 e. The minimum absolute atomic E-state index is 0.394. The first kappa shape index (κ1) is 30.3. The molecule has 0 saturated carbocycles. The van der Waals surface area contributed by atoms with Crippen LogP contribution in [0.2, 0.25) is 0 Å². The number of nitrogens with one attached hydrogen (secondary N) is 1. The summed E-state index contributed by atoms with van der Waals surface area (Å²) in [6.45, 7) is 10.0. The topological polar surface area (TPSA) is 73.8 Å². The summed E-state index contributed by atoms with van der Waals surface area (Å²) in [5.41, 5.74) is -1.09. The van der Waals surface area contributed by atoms with Gasteiger partial charge in [-0.3, -0.25) is 9.97 Å². The van der Waals surface area contributed by atoms with Gasteiger partial charge in [-0.2, -0.15) is 26.3 Å². The number of hydrogen-bond donors (Lipinski definition) is 1. The fraction of sp³-hybridized carbons (Fsp3) is 0.560. The molecule has 1 N–H and O–H groups in total. The molecule has 1 amide bonds. The zero-order valence-electron chi connectivity index (χ0n) is 21.9. The van der Waals surface area contributed by atoms with E-state index in [1.807, 2.05) is 4.90 Å². The number of rotatable bonds is 2. The Morgan fingerprint density at radius 2 is 1.18 bits per heavy atom. The van der Waals surface area contributed by atoms with Gasteiger partial charge in [-0.25, -0.2) is 4.79 Å². The summed E-state index contributed by atoms with van der Waals surface area (Å²) in [4.78, 5) is 24.5. The van der Waals surface area contributed by atoms with E-state index in [4.69, 9.17) is 4.74 Å². The van der Waals surface area contributed by atoms with E-state index in [2.05, 4.69) is 15.3 Å². The molecule has 2 aliphatic rings. The second kappa shape index (κ2) is 12.3. The average Bonchev–Trinajstić information content (AvgIpc) is 2.88. The van der Waals surface area contributed by atoms with Crippen molar-refractivity contribution in [1.29, 1.82) is 0 Å². The standard InChI is InChI=1S/C15H20F3N3O2.C10H12F3N3/c1-14(2,3)23-13(22)21-6-4-20(5-7-21)12-8-11(9-19-10-12)15(16,17)18;11-10(12,13)8-5-9(7-15-6-8)16-3-1-14-2-4-16/h8-10H,4-7H2,1-3H3;5-7,14H,1-4H2. The zero-order chi connectivity index (χ0) is 28.8. The maximum atomic E-state index is 12.7. The number of hydrogen-bond acceptors (Lipinski definition) is 7. The molecule has 4 heterocycles. The molecule has 0 bridgehead atoms. The lowest BCUT2D eigenvalue weighted by atomic mass is 10.2. The lowest BCUT2D eigenvalue weighted by Gasteiger charge is -2.36. The van der Waals surface area contributed by atoms with E-state index in [0.29, 0.717) is 50.6 Å². The Hall–Kier alpha value is -3.29. The van der Waals surface area contributed by atoms with E-state index in [9.17, 15) is 31.1 Å². The van der Waals surface area contributed by atoms with Gasteiger partial charge in [-0.1, -0.05) is 0 Å². The maximum absolute atomic E-state index is 12.7. The molecule has 0 atom stereocenters. The van der Waals surface area contributed by atoms with Crippen LogP contribution in [0.5, 0.6) is 0 Å². The summed E-state index contributed by atoms with van der Waals surface area (Å²) in [6, 6.07) is 2.23. The third-order valence-corrected chi connectivity index (χ3v) is 5.88. The van der Waals surface area contributed by atoms with Gasteiger partial charge in [0.2, 0.25) is 0 Å². The highest BCUT2D eigenvalue weighted by atomic mass is 19.4. The molecule has 2 aliphatic heterocycles. The molecule has 2 saturated heterocycles. The summed E-state index contributed by atoms with van der Waals surface area (Å²) >= 11 is 0. The number of ether oxygens (including phenoxy) is 1. The van der Waals surface area contributed by atoms with Crippen molar-refractivity contribution in [3.8, 4) is 0 Å². The summed E-state index contributed by atoms with van der Waals surface area (Å²) in [5.74, 6) is 0. The molecule has 2 fully saturated rings. The molecule has 0 aliphatic carbocycles. The zero-order valence-corrected chi connectivity index (χ0v) is 21.9. The van der Waals surface area contributed by atoms with Crippen molar-refractivity contribution in [1.82, 2.24) is 20.2 Å². The van der Waals surface area contributed by atoms with Crippen LogP contribution < -0.4 is 15.1 Å². The van der Waals surface area contributed by atoms with E-state index >= 15 is 0 Å². The van der Waals surface area contributed by atoms with Crippen LogP contribution in [0.15, 0.2) is 36.9 Å². The lowest BCUT2D eigenvalue weighted by molar-refractivity contribution is -0.138. The molecule has 0 spiro atoms. The van der Waals surface area contributed by atoms with Crippen molar-refractivity contribution in [2.24, 2.45) is 0 Å². The molecule has 8 nitrogen and oxygen atoms in total. The van der Waals surface area contributed by atoms with Gasteiger partial charge in [0.1, 0.15) is 5.60 Å². The highest BCUT2D eigenvalue weighted by molar-refractivity contribution is 5.68. The molecule has 2 aromatic heterocycles. The van der Waals surface area contributed by atoms with Crippen molar-refractivity contribution >= 4 is 17.5 Å². The first-order valence-corrected chi connectivity index (χ1v) is 12.4. The number of halogens is 6. The van der Waals surface area contributed by atoms with Crippen LogP contribution in [0.25, 0.3) is 0 Å². The van der Waals surface area contributed by atoms with Gasteiger partial charge < -0.3 is 24.8 Å². The van der Waals surface area contributed by atoms with E-state index in [-0.39, 0.29) is 0 Å². The molecular formula is C25H32F6N6O2. The monoisotopic (exact) mass is 562 g/mol. The number of aromatic nitrogens is 2. The van der Waals surface area contributed by atoms with Crippen LogP contribution in [0, 0.1) is 0 Å². The van der Waals surface area contributed by atoms with E-state index in [1.54, 1.807) is 30.6 Å². The second-order valence-corrected chi connectivity index (χ2v) is 10.1.